The van der Waals surface area contributed by atoms with E-state index in [4.69, 9.17) is 28.6 Å². The average molecular weight is 424 g/mol. The maximum Gasteiger partial charge on any atom is 0.216 e. The van der Waals surface area contributed by atoms with Gasteiger partial charge in [0, 0.05) is 15.6 Å². The van der Waals surface area contributed by atoms with Crippen molar-refractivity contribution in [2.45, 2.75) is 0 Å². The molecule has 24 heavy (non-hydrogen) atoms. The number of H-pyrrole nitrogens is 1. The first-order valence-corrected chi connectivity index (χ1v) is 8.48. The molecule has 0 fully saturated rings. The van der Waals surface area contributed by atoms with Gasteiger partial charge in [-0.2, -0.15) is 14.9 Å². The van der Waals surface area contributed by atoms with Crippen molar-refractivity contribution in [1.82, 2.24) is 14.9 Å². The Kier molecular flexibility index (Phi) is 5.13. The van der Waals surface area contributed by atoms with Crippen LogP contribution in [0.25, 0.3) is 11.4 Å². The Hall–Kier alpha value is -1.96. The molecule has 0 aliphatic carbocycles. The lowest BCUT2D eigenvalue weighted by atomic mass is 10.2. The molecule has 8 heteroatoms. The van der Waals surface area contributed by atoms with Crippen LogP contribution < -0.4 is 4.74 Å². The first-order valence-electron chi connectivity index (χ1n) is 6.90. The lowest BCUT2D eigenvalue weighted by Gasteiger charge is -2.05. The largest absolute Gasteiger partial charge is 0.496 e. The van der Waals surface area contributed by atoms with Crippen LogP contribution in [-0.2, 0) is 0 Å². The van der Waals surface area contributed by atoms with Gasteiger partial charge in [0.05, 0.1) is 18.3 Å². The van der Waals surface area contributed by atoms with Gasteiger partial charge in [-0.25, -0.2) is 5.10 Å². The van der Waals surface area contributed by atoms with E-state index in [1.807, 2.05) is 36.4 Å². The molecule has 0 aliphatic heterocycles. The van der Waals surface area contributed by atoms with Gasteiger partial charge in [-0.3, -0.25) is 0 Å². The van der Waals surface area contributed by atoms with Crippen LogP contribution in [0.5, 0.6) is 5.75 Å². The van der Waals surface area contributed by atoms with E-state index in [9.17, 15) is 0 Å². The second-order valence-corrected chi connectivity index (χ2v) is 6.48. The molecule has 0 unspecified atom stereocenters. The third-order valence-corrected chi connectivity index (χ3v) is 4.36. The van der Waals surface area contributed by atoms with E-state index in [1.165, 1.54) is 4.68 Å². The van der Waals surface area contributed by atoms with Crippen molar-refractivity contribution in [3.05, 3.63) is 62.3 Å². The van der Waals surface area contributed by atoms with E-state index in [1.54, 1.807) is 19.4 Å². The monoisotopic (exact) mass is 422 g/mol. The fourth-order valence-electron chi connectivity index (χ4n) is 2.14. The Morgan fingerprint density at radius 3 is 2.88 bits per heavy atom. The van der Waals surface area contributed by atoms with Gasteiger partial charge in [-0.1, -0.05) is 39.7 Å². The van der Waals surface area contributed by atoms with Crippen molar-refractivity contribution in [3.8, 4) is 17.1 Å². The highest BCUT2D eigenvalue weighted by Crippen LogP contribution is 2.26. The molecule has 1 aromatic heterocycles. The molecule has 0 radical (unpaired) electrons. The Bertz CT molecular complexity index is 967. The van der Waals surface area contributed by atoms with Crippen LogP contribution in [0.1, 0.15) is 5.56 Å². The molecular formula is C16H12BrClN4OS. The van der Waals surface area contributed by atoms with Crippen LogP contribution in [-0.4, -0.2) is 28.2 Å². The van der Waals surface area contributed by atoms with Crippen molar-refractivity contribution in [2.24, 2.45) is 5.10 Å². The quantitative estimate of drug-likeness (QED) is 0.479. The molecule has 3 aromatic rings. The predicted octanol–water partition coefficient (Wildman–Crippen LogP) is 4.91. The number of halogens is 2. The average Bonchev–Trinajstić information content (AvgIpc) is 2.94. The zero-order chi connectivity index (χ0) is 17.1. The van der Waals surface area contributed by atoms with Crippen LogP contribution in [0.2, 0.25) is 5.02 Å². The summed E-state index contributed by atoms with van der Waals surface area (Å²) in [7, 11) is 1.61. The van der Waals surface area contributed by atoms with Gasteiger partial charge in [-0.05, 0) is 42.5 Å². The normalized spacial score (nSPS) is 11.1. The summed E-state index contributed by atoms with van der Waals surface area (Å²) < 4.78 is 8.16. The summed E-state index contributed by atoms with van der Waals surface area (Å²) in [6.45, 7) is 0. The molecule has 0 bridgehead atoms. The SMILES string of the molecule is COc1ccc(Br)cc1C=Nn1c(-c2ccccc2Cl)n[nH]c1=S. The predicted molar refractivity (Wildman–Crippen MR) is 102 cm³/mol. The second kappa shape index (κ2) is 7.29. The Balaban J connectivity index is 2.06. The standard InChI is InChI=1S/C16H12BrClN4OS/c1-23-14-7-6-11(17)8-10(14)9-19-22-15(20-21-16(22)24)12-4-2-3-5-13(12)18/h2-9H,1H3,(H,21,24). The maximum atomic E-state index is 6.25. The van der Waals surface area contributed by atoms with E-state index in [0.717, 1.165) is 15.6 Å². The van der Waals surface area contributed by atoms with E-state index in [2.05, 4.69) is 31.2 Å². The Labute approximate surface area is 157 Å². The van der Waals surface area contributed by atoms with Gasteiger partial charge < -0.3 is 4.74 Å². The lowest BCUT2D eigenvalue weighted by molar-refractivity contribution is 0.414. The van der Waals surface area contributed by atoms with Crippen LogP contribution >= 0.6 is 39.7 Å². The molecule has 3 rings (SSSR count). The number of aromatic amines is 1. The maximum absolute atomic E-state index is 6.25. The topological polar surface area (TPSA) is 55.2 Å². The number of nitrogens with zero attached hydrogens (tertiary/aromatic N) is 3. The molecule has 0 atom stereocenters. The fourth-order valence-corrected chi connectivity index (χ4v) is 2.92. The summed E-state index contributed by atoms with van der Waals surface area (Å²) in [6, 6.07) is 13.0. The smallest absolute Gasteiger partial charge is 0.216 e. The summed E-state index contributed by atoms with van der Waals surface area (Å²) in [5.41, 5.74) is 1.55. The van der Waals surface area contributed by atoms with Gasteiger partial charge in [0.2, 0.25) is 4.77 Å². The number of hydrogen-bond donors (Lipinski definition) is 1. The van der Waals surface area contributed by atoms with Crippen LogP contribution in [0, 0.1) is 4.77 Å². The number of hydrogen-bond acceptors (Lipinski definition) is 4. The van der Waals surface area contributed by atoms with Gasteiger partial charge in [0.25, 0.3) is 0 Å². The first-order chi connectivity index (χ1) is 11.6. The molecule has 122 valence electrons. The minimum atomic E-state index is 0.370. The van der Waals surface area contributed by atoms with Crippen LogP contribution in [0.3, 0.4) is 0 Å². The first kappa shape index (κ1) is 16.9. The molecule has 1 heterocycles. The van der Waals surface area contributed by atoms with Gasteiger partial charge in [0.1, 0.15) is 5.75 Å². The molecule has 0 saturated heterocycles. The van der Waals surface area contributed by atoms with E-state index < -0.39 is 0 Å². The fraction of sp³-hybridized carbons (Fsp3) is 0.0625. The molecule has 0 spiro atoms. The van der Waals surface area contributed by atoms with E-state index in [-0.39, 0.29) is 0 Å². The number of rotatable bonds is 4. The van der Waals surface area contributed by atoms with Gasteiger partial charge in [-0.15, -0.1) is 0 Å². The van der Waals surface area contributed by atoms with Crippen LogP contribution in [0.4, 0.5) is 0 Å². The third kappa shape index (κ3) is 3.43. The summed E-state index contributed by atoms with van der Waals surface area (Å²) in [5, 5.41) is 12.0. The Morgan fingerprint density at radius 1 is 1.33 bits per heavy atom. The summed E-state index contributed by atoms with van der Waals surface area (Å²) in [6.07, 6.45) is 1.66. The van der Waals surface area contributed by atoms with Crippen molar-refractivity contribution in [1.29, 1.82) is 0 Å². The highest BCUT2D eigenvalue weighted by Gasteiger charge is 2.11. The van der Waals surface area contributed by atoms with Crippen molar-refractivity contribution in [3.63, 3.8) is 0 Å². The zero-order valence-electron chi connectivity index (χ0n) is 12.5. The third-order valence-electron chi connectivity index (χ3n) is 3.27. The summed E-state index contributed by atoms with van der Waals surface area (Å²) in [5.74, 6) is 1.24. The number of benzene rings is 2. The molecule has 0 amide bonds. The second-order valence-electron chi connectivity index (χ2n) is 4.77. The molecule has 0 saturated carbocycles. The lowest BCUT2D eigenvalue weighted by Crippen LogP contribution is -1.97. The van der Waals surface area contributed by atoms with Crippen LogP contribution in [0.15, 0.2) is 52.0 Å². The summed E-state index contributed by atoms with van der Waals surface area (Å²) >= 11 is 15.0. The minimum Gasteiger partial charge on any atom is -0.496 e. The highest BCUT2D eigenvalue weighted by molar-refractivity contribution is 9.10. The van der Waals surface area contributed by atoms with Gasteiger partial charge in [0.15, 0.2) is 5.82 Å². The summed E-state index contributed by atoms with van der Waals surface area (Å²) in [4.78, 5) is 0. The molecule has 2 aromatic carbocycles. The Morgan fingerprint density at radius 2 is 2.12 bits per heavy atom. The van der Waals surface area contributed by atoms with Gasteiger partial charge >= 0.3 is 0 Å². The van der Waals surface area contributed by atoms with E-state index in [0.29, 0.717) is 21.4 Å². The zero-order valence-corrected chi connectivity index (χ0v) is 15.7. The molecule has 5 nitrogen and oxygen atoms in total. The molecular weight excluding hydrogens is 412 g/mol. The number of ether oxygens (including phenoxy) is 1. The number of aromatic nitrogens is 3. The number of methoxy groups -OCH3 is 1. The van der Waals surface area contributed by atoms with Crippen molar-refractivity contribution >= 4 is 46.0 Å². The molecule has 1 N–H and O–H groups in total. The molecule has 0 aliphatic rings. The number of nitrogens with one attached hydrogen (secondary N) is 1. The minimum absolute atomic E-state index is 0.370. The highest BCUT2D eigenvalue weighted by atomic mass is 79.9. The van der Waals surface area contributed by atoms with Crippen molar-refractivity contribution in [2.75, 3.05) is 7.11 Å². The van der Waals surface area contributed by atoms with Crippen molar-refractivity contribution < 1.29 is 4.74 Å². The van der Waals surface area contributed by atoms with E-state index >= 15 is 0 Å².